The van der Waals surface area contributed by atoms with Crippen LogP contribution in [-0.4, -0.2) is 45.1 Å². The Morgan fingerprint density at radius 3 is 2.33 bits per heavy atom. The topological polar surface area (TPSA) is 58.6 Å². The van der Waals surface area contributed by atoms with Crippen LogP contribution in [0, 0.1) is 5.92 Å². The highest BCUT2D eigenvalue weighted by atomic mass is 32.2. The molecule has 0 atom stereocenters. The molecule has 18 heavy (non-hydrogen) atoms. The Balaban J connectivity index is 1.86. The fourth-order valence-electron chi connectivity index (χ4n) is 2.54. The van der Waals surface area contributed by atoms with Crippen LogP contribution in [0.1, 0.15) is 25.7 Å². The Morgan fingerprint density at radius 1 is 1.17 bits per heavy atom. The van der Waals surface area contributed by atoms with Gasteiger partial charge in [0.05, 0.1) is 13.2 Å². The molecule has 0 amide bonds. The van der Waals surface area contributed by atoms with Crippen LogP contribution in [0.15, 0.2) is 12.7 Å². The monoisotopic (exact) mass is 274 g/mol. The van der Waals surface area contributed by atoms with Gasteiger partial charge in [-0.3, -0.25) is 0 Å². The average Bonchev–Trinajstić information content (AvgIpc) is 2.40. The largest absolute Gasteiger partial charge is 0.379 e. The predicted octanol–water partition coefficient (Wildman–Crippen LogP) is 0.898. The van der Waals surface area contributed by atoms with Crippen molar-refractivity contribution in [3.05, 3.63) is 12.7 Å². The van der Waals surface area contributed by atoms with Gasteiger partial charge in [0.2, 0.25) is 0 Å². The van der Waals surface area contributed by atoms with Gasteiger partial charge in [-0.1, -0.05) is 6.08 Å². The zero-order chi connectivity index (χ0) is 13.0. The molecule has 1 heterocycles. The number of nitrogens with zero attached hydrogens (tertiary/aromatic N) is 1. The summed E-state index contributed by atoms with van der Waals surface area (Å²) in [6.07, 6.45) is 5.84. The average molecular weight is 274 g/mol. The van der Waals surface area contributed by atoms with Gasteiger partial charge in [0.25, 0.3) is 10.2 Å². The minimum Gasteiger partial charge on any atom is -0.379 e. The van der Waals surface area contributed by atoms with Crippen LogP contribution < -0.4 is 4.72 Å². The molecule has 1 saturated carbocycles. The van der Waals surface area contributed by atoms with Crippen molar-refractivity contribution >= 4 is 10.2 Å². The summed E-state index contributed by atoms with van der Waals surface area (Å²) in [5.74, 6) is 0.550. The van der Waals surface area contributed by atoms with E-state index >= 15 is 0 Å². The predicted molar refractivity (Wildman–Crippen MR) is 70.4 cm³/mol. The number of hydrogen-bond acceptors (Lipinski definition) is 3. The van der Waals surface area contributed by atoms with Gasteiger partial charge < -0.3 is 4.74 Å². The molecular formula is C12H22N2O3S. The van der Waals surface area contributed by atoms with Crippen molar-refractivity contribution in [2.75, 3.05) is 26.3 Å². The Bertz CT molecular complexity index is 369. The minimum atomic E-state index is -3.33. The zero-order valence-electron chi connectivity index (χ0n) is 10.7. The lowest BCUT2D eigenvalue weighted by Crippen LogP contribution is -2.50. The van der Waals surface area contributed by atoms with Crippen LogP contribution in [0.2, 0.25) is 0 Å². The lowest BCUT2D eigenvalue weighted by Gasteiger charge is -2.31. The molecule has 0 aromatic carbocycles. The third kappa shape index (κ3) is 3.54. The van der Waals surface area contributed by atoms with E-state index < -0.39 is 10.2 Å². The van der Waals surface area contributed by atoms with Crippen molar-refractivity contribution in [3.8, 4) is 0 Å². The molecule has 1 aliphatic heterocycles. The fourth-order valence-corrected chi connectivity index (χ4v) is 3.98. The van der Waals surface area contributed by atoms with Crippen LogP contribution >= 0.6 is 0 Å². The molecule has 104 valence electrons. The first-order valence-corrected chi connectivity index (χ1v) is 8.03. The third-order valence-electron chi connectivity index (χ3n) is 3.73. The van der Waals surface area contributed by atoms with E-state index in [-0.39, 0.29) is 6.04 Å². The molecule has 0 aromatic heterocycles. The summed E-state index contributed by atoms with van der Waals surface area (Å²) >= 11 is 0. The Morgan fingerprint density at radius 2 is 1.78 bits per heavy atom. The number of morpholine rings is 1. The van der Waals surface area contributed by atoms with Gasteiger partial charge in [-0.25, -0.2) is 0 Å². The van der Waals surface area contributed by atoms with Crippen LogP contribution in [-0.2, 0) is 14.9 Å². The van der Waals surface area contributed by atoms with Crippen molar-refractivity contribution in [1.29, 1.82) is 0 Å². The summed E-state index contributed by atoms with van der Waals surface area (Å²) in [6.45, 7) is 5.69. The number of hydrogen-bond donors (Lipinski definition) is 1. The number of nitrogens with one attached hydrogen (secondary N) is 1. The molecule has 0 radical (unpaired) electrons. The second-order valence-corrected chi connectivity index (χ2v) is 6.68. The van der Waals surface area contributed by atoms with Crippen molar-refractivity contribution in [3.63, 3.8) is 0 Å². The smallest absolute Gasteiger partial charge is 0.279 e. The number of rotatable bonds is 4. The molecular weight excluding hydrogens is 252 g/mol. The normalized spacial score (nSPS) is 31.1. The summed E-state index contributed by atoms with van der Waals surface area (Å²) in [5.41, 5.74) is 0. The minimum absolute atomic E-state index is 0.0778. The molecule has 0 bridgehead atoms. The fraction of sp³-hybridized carbons (Fsp3) is 0.833. The summed E-state index contributed by atoms with van der Waals surface area (Å²) in [7, 11) is -3.33. The van der Waals surface area contributed by atoms with Crippen LogP contribution in [0.25, 0.3) is 0 Å². The highest BCUT2D eigenvalue weighted by Gasteiger charge is 2.28. The molecule has 0 unspecified atom stereocenters. The molecule has 2 rings (SSSR count). The standard InChI is InChI=1S/C12H22N2O3S/c1-2-11-3-5-12(6-4-11)13-18(15,16)14-7-9-17-10-8-14/h2,11-13H,1,3-10H2. The molecule has 5 nitrogen and oxygen atoms in total. The quantitative estimate of drug-likeness (QED) is 0.775. The molecule has 1 N–H and O–H groups in total. The van der Waals surface area contributed by atoms with Gasteiger partial charge in [-0.15, -0.1) is 6.58 Å². The lowest BCUT2D eigenvalue weighted by atomic mass is 9.87. The second-order valence-electron chi connectivity index (χ2n) is 4.98. The van der Waals surface area contributed by atoms with Crippen LogP contribution in [0.3, 0.4) is 0 Å². The summed E-state index contributed by atoms with van der Waals surface area (Å²) in [4.78, 5) is 0. The molecule has 1 saturated heterocycles. The molecule has 0 aromatic rings. The van der Waals surface area contributed by atoms with Gasteiger partial charge >= 0.3 is 0 Å². The SMILES string of the molecule is C=CC1CCC(NS(=O)(=O)N2CCOCC2)CC1. The van der Waals surface area contributed by atoms with E-state index in [1.54, 1.807) is 0 Å². The Kier molecular flexibility index (Phi) is 4.77. The lowest BCUT2D eigenvalue weighted by molar-refractivity contribution is 0.0722. The van der Waals surface area contributed by atoms with Crippen LogP contribution in [0.5, 0.6) is 0 Å². The van der Waals surface area contributed by atoms with E-state index in [4.69, 9.17) is 4.74 Å². The molecule has 2 aliphatic rings. The van der Waals surface area contributed by atoms with Gasteiger partial charge in [-0.05, 0) is 31.6 Å². The van der Waals surface area contributed by atoms with Crippen LogP contribution in [0.4, 0.5) is 0 Å². The Labute approximate surface area is 109 Å². The number of ether oxygens (including phenoxy) is 1. The summed E-state index contributed by atoms with van der Waals surface area (Å²) < 4.78 is 33.8. The maximum atomic E-state index is 12.1. The highest BCUT2D eigenvalue weighted by molar-refractivity contribution is 7.87. The molecule has 0 spiro atoms. The van der Waals surface area contributed by atoms with Crippen molar-refractivity contribution in [1.82, 2.24) is 9.03 Å². The first-order valence-electron chi connectivity index (χ1n) is 6.59. The second kappa shape index (κ2) is 6.14. The third-order valence-corrected chi connectivity index (χ3v) is 5.41. The Hall–Kier alpha value is -0.430. The van der Waals surface area contributed by atoms with Crippen molar-refractivity contribution in [2.24, 2.45) is 5.92 Å². The maximum Gasteiger partial charge on any atom is 0.279 e. The van der Waals surface area contributed by atoms with E-state index in [1.807, 2.05) is 6.08 Å². The van der Waals surface area contributed by atoms with Crippen molar-refractivity contribution in [2.45, 2.75) is 31.7 Å². The van der Waals surface area contributed by atoms with Gasteiger partial charge in [0.1, 0.15) is 0 Å². The summed E-state index contributed by atoms with van der Waals surface area (Å²) in [6, 6.07) is 0.0778. The summed E-state index contributed by atoms with van der Waals surface area (Å²) in [5, 5.41) is 0. The van der Waals surface area contributed by atoms with E-state index in [0.717, 1.165) is 25.7 Å². The van der Waals surface area contributed by atoms with E-state index in [1.165, 1.54) is 4.31 Å². The van der Waals surface area contributed by atoms with E-state index in [9.17, 15) is 8.42 Å². The van der Waals surface area contributed by atoms with Crippen molar-refractivity contribution < 1.29 is 13.2 Å². The highest BCUT2D eigenvalue weighted by Crippen LogP contribution is 2.25. The molecule has 2 fully saturated rings. The molecule has 1 aliphatic carbocycles. The van der Waals surface area contributed by atoms with Gasteiger partial charge in [0.15, 0.2) is 0 Å². The number of allylic oxidation sites excluding steroid dienone is 1. The zero-order valence-corrected chi connectivity index (χ0v) is 11.5. The van der Waals surface area contributed by atoms with Gasteiger partial charge in [-0.2, -0.15) is 17.4 Å². The van der Waals surface area contributed by atoms with Gasteiger partial charge in [0, 0.05) is 19.1 Å². The first-order chi connectivity index (χ1) is 8.62. The van der Waals surface area contributed by atoms with E-state index in [0.29, 0.717) is 32.2 Å². The molecule has 6 heteroatoms. The maximum absolute atomic E-state index is 12.1. The van der Waals surface area contributed by atoms with E-state index in [2.05, 4.69) is 11.3 Å². The first kappa shape index (κ1) is 14.0.